The van der Waals surface area contributed by atoms with Gasteiger partial charge in [-0.3, -0.25) is 4.79 Å². The van der Waals surface area contributed by atoms with E-state index in [4.69, 9.17) is 0 Å². The highest BCUT2D eigenvalue weighted by molar-refractivity contribution is 5.87. The van der Waals surface area contributed by atoms with Crippen LogP contribution in [0.5, 0.6) is 5.75 Å². The third-order valence-corrected chi connectivity index (χ3v) is 3.01. The van der Waals surface area contributed by atoms with Crippen LogP contribution in [0.25, 0.3) is 0 Å². The summed E-state index contributed by atoms with van der Waals surface area (Å²) in [6.07, 6.45) is 0. The van der Waals surface area contributed by atoms with E-state index >= 15 is 0 Å². The molecule has 2 nitrogen and oxygen atoms in total. The molecule has 18 heavy (non-hydrogen) atoms. The maximum absolute atomic E-state index is 11.9. The number of carbonyl (C=O) groups excluding carboxylic acids is 1. The van der Waals surface area contributed by atoms with Crippen LogP contribution in [0.2, 0.25) is 0 Å². The van der Waals surface area contributed by atoms with Gasteiger partial charge in [-0.05, 0) is 37.1 Å². The minimum atomic E-state index is -0.259. The fourth-order valence-electron chi connectivity index (χ4n) is 2.18. The minimum absolute atomic E-state index is 0.103. The van der Waals surface area contributed by atoms with Gasteiger partial charge in [-0.2, -0.15) is 0 Å². The van der Waals surface area contributed by atoms with Gasteiger partial charge in [-0.25, -0.2) is 0 Å². The molecule has 1 atom stereocenters. The van der Waals surface area contributed by atoms with Gasteiger partial charge < -0.3 is 5.11 Å². The number of hydrogen-bond donors (Lipinski definition) is 1. The Labute approximate surface area is 107 Å². The lowest BCUT2D eigenvalue weighted by atomic mass is 9.87. The molecule has 1 N–H and O–H groups in total. The van der Waals surface area contributed by atoms with Gasteiger partial charge in [-0.1, -0.05) is 42.0 Å². The summed E-state index contributed by atoms with van der Waals surface area (Å²) in [7, 11) is 0. The van der Waals surface area contributed by atoms with Crippen LogP contribution in [0.3, 0.4) is 0 Å². The zero-order valence-electron chi connectivity index (χ0n) is 10.6. The Kier molecular flexibility index (Phi) is 3.47. The topological polar surface area (TPSA) is 37.3 Å². The first-order valence-electron chi connectivity index (χ1n) is 5.94. The lowest BCUT2D eigenvalue weighted by molar-refractivity contribution is -0.117. The molecule has 0 aromatic heterocycles. The number of aromatic hydroxyl groups is 1. The van der Waals surface area contributed by atoms with Crippen molar-refractivity contribution < 1.29 is 9.90 Å². The lowest BCUT2D eigenvalue weighted by Crippen LogP contribution is -2.10. The van der Waals surface area contributed by atoms with Crippen LogP contribution >= 0.6 is 0 Å². The van der Waals surface area contributed by atoms with Gasteiger partial charge >= 0.3 is 0 Å². The van der Waals surface area contributed by atoms with Gasteiger partial charge in [0.1, 0.15) is 11.5 Å². The molecule has 0 saturated carbocycles. The Hall–Kier alpha value is -2.09. The number of aryl methyl sites for hydroxylation is 1. The summed E-state index contributed by atoms with van der Waals surface area (Å²) >= 11 is 0. The number of carbonyl (C=O) groups is 1. The van der Waals surface area contributed by atoms with Gasteiger partial charge in [0, 0.05) is 0 Å². The zero-order valence-corrected chi connectivity index (χ0v) is 10.6. The highest BCUT2D eigenvalue weighted by atomic mass is 16.3. The summed E-state index contributed by atoms with van der Waals surface area (Å²) in [5.41, 5.74) is 3.04. The van der Waals surface area contributed by atoms with Crippen molar-refractivity contribution in [3.8, 4) is 5.75 Å². The molecular formula is C16H16O2. The van der Waals surface area contributed by atoms with Crippen molar-refractivity contribution in [2.24, 2.45) is 0 Å². The molecule has 0 amide bonds. The van der Waals surface area contributed by atoms with Crippen molar-refractivity contribution in [3.05, 3.63) is 65.2 Å². The number of Topliss-reactive ketones (excluding diaryl/α,β-unsaturated/α-hetero) is 1. The molecule has 0 aliphatic carbocycles. The third kappa shape index (κ3) is 2.59. The first-order chi connectivity index (χ1) is 8.58. The smallest absolute Gasteiger partial charge is 0.141 e. The van der Waals surface area contributed by atoms with Crippen molar-refractivity contribution in [1.82, 2.24) is 0 Å². The fourth-order valence-corrected chi connectivity index (χ4v) is 2.18. The SMILES string of the molecule is CC(=O)C(c1ccc(O)cc1)c1cccc(C)c1. The largest absolute Gasteiger partial charge is 0.508 e. The molecule has 0 aliphatic heterocycles. The quantitative estimate of drug-likeness (QED) is 0.892. The highest BCUT2D eigenvalue weighted by Crippen LogP contribution is 2.27. The molecule has 2 heteroatoms. The van der Waals surface area contributed by atoms with Crippen molar-refractivity contribution in [2.75, 3.05) is 0 Å². The van der Waals surface area contributed by atoms with Crippen LogP contribution in [-0.4, -0.2) is 10.9 Å². The number of phenolic OH excluding ortho intramolecular Hbond substituents is 1. The first kappa shape index (κ1) is 12.4. The van der Waals surface area contributed by atoms with E-state index in [1.54, 1.807) is 31.2 Å². The van der Waals surface area contributed by atoms with Gasteiger partial charge in [0.15, 0.2) is 0 Å². The molecule has 2 rings (SSSR count). The Bertz CT molecular complexity index is 556. The summed E-state index contributed by atoms with van der Waals surface area (Å²) in [4.78, 5) is 11.9. The van der Waals surface area contributed by atoms with E-state index in [1.165, 1.54) is 0 Å². The predicted octanol–water partition coefficient (Wildman–Crippen LogP) is 3.42. The molecule has 0 heterocycles. The van der Waals surface area contributed by atoms with E-state index in [2.05, 4.69) is 0 Å². The molecule has 2 aromatic rings. The Morgan fingerprint density at radius 1 is 1.06 bits per heavy atom. The normalized spacial score (nSPS) is 12.1. The highest BCUT2D eigenvalue weighted by Gasteiger charge is 2.18. The summed E-state index contributed by atoms with van der Waals surface area (Å²) in [5.74, 6) is 0.0575. The number of ketones is 1. The predicted molar refractivity (Wildman–Crippen MR) is 71.8 cm³/mol. The second-order valence-electron chi connectivity index (χ2n) is 4.55. The molecule has 0 saturated heterocycles. The number of rotatable bonds is 3. The number of benzene rings is 2. The van der Waals surface area contributed by atoms with E-state index in [9.17, 15) is 9.90 Å². The fraction of sp³-hybridized carbons (Fsp3) is 0.188. The summed E-state index contributed by atoms with van der Waals surface area (Å²) in [6.45, 7) is 3.61. The maximum Gasteiger partial charge on any atom is 0.141 e. The van der Waals surface area contributed by atoms with E-state index in [0.29, 0.717) is 0 Å². The summed E-state index contributed by atoms with van der Waals surface area (Å²) < 4.78 is 0. The lowest BCUT2D eigenvalue weighted by Gasteiger charge is -2.15. The molecule has 0 radical (unpaired) electrons. The summed E-state index contributed by atoms with van der Waals surface area (Å²) in [6, 6.07) is 14.8. The van der Waals surface area contributed by atoms with E-state index in [1.807, 2.05) is 31.2 Å². The zero-order chi connectivity index (χ0) is 13.1. The van der Waals surface area contributed by atoms with Crippen molar-refractivity contribution in [2.45, 2.75) is 19.8 Å². The van der Waals surface area contributed by atoms with Crippen LogP contribution in [0.15, 0.2) is 48.5 Å². The summed E-state index contributed by atoms with van der Waals surface area (Å²) in [5, 5.41) is 9.31. The molecule has 2 aromatic carbocycles. The first-order valence-corrected chi connectivity index (χ1v) is 5.94. The van der Waals surface area contributed by atoms with Gasteiger partial charge in [0.2, 0.25) is 0 Å². The van der Waals surface area contributed by atoms with Crippen LogP contribution in [-0.2, 0) is 4.79 Å². The number of phenols is 1. The van der Waals surface area contributed by atoms with Crippen molar-refractivity contribution in [1.29, 1.82) is 0 Å². The van der Waals surface area contributed by atoms with Crippen LogP contribution in [0, 0.1) is 6.92 Å². The monoisotopic (exact) mass is 240 g/mol. The van der Waals surface area contributed by atoms with E-state index < -0.39 is 0 Å². The molecular weight excluding hydrogens is 224 g/mol. The van der Waals surface area contributed by atoms with E-state index in [0.717, 1.165) is 16.7 Å². The molecule has 0 fully saturated rings. The van der Waals surface area contributed by atoms with Crippen LogP contribution in [0.4, 0.5) is 0 Å². The Morgan fingerprint density at radius 3 is 2.28 bits per heavy atom. The van der Waals surface area contributed by atoms with Crippen LogP contribution < -0.4 is 0 Å². The number of hydrogen-bond acceptors (Lipinski definition) is 2. The minimum Gasteiger partial charge on any atom is -0.508 e. The Balaban J connectivity index is 2.46. The maximum atomic E-state index is 11.9. The van der Waals surface area contributed by atoms with Crippen molar-refractivity contribution >= 4 is 5.78 Å². The molecule has 0 spiro atoms. The molecule has 92 valence electrons. The van der Waals surface area contributed by atoms with Gasteiger partial charge in [-0.15, -0.1) is 0 Å². The average Bonchev–Trinajstić information content (AvgIpc) is 2.32. The van der Waals surface area contributed by atoms with Gasteiger partial charge in [0.25, 0.3) is 0 Å². The molecule has 0 aliphatic rings. The van der Waals surface area contributed by atoms with Crippen LogP contribution in [0.1, 0.15) is 29.5 Å². The molecule has 0 bridgehead atoms. The van der Waals surface area contributed by atoms with Crippen molar-refractivity contribution in [3.63, 3.8) is 0 Å². The third-order valence-electron chi connectivity index (χ3n) is 3.01. The second kappa shape index (κ2) is 5.05. The second-order valence-corrected chi connectivity index (χ2v) is 4.55. The van der Waals surface area contributed by atoms with E-state index in [-0.39, 0.29) is 17.5 Å². The molecule has 1 unspecified atom stereocenters. The Morgan fingerprint density at radius 2 is 1.72 bits per heavy atom. The average molecular weight is 240 g/mol. The standard InChI is InChI=1S/C16H16O2/c1-11-4-3-5-14(10-11)16(12(2)17)13-6-8-15(18)9-7-13/h3-10,16,18H,1-2H3. The van der Waals surface area contributed by atoms with Gasteiger partial charge in [0.05, 0.1) is 5.92 Å².